The number of carbonyl (C=O) groups is 2. The number of amides is 1. The van der Waals surface area contributed by atoms with Gasteiger partial charge in [-0.15, -0.1) is 0 Å². The van der Waals surface area contributed by atoms with Crippen LogP contribution in [0.5, 0.6) is 0 Å². The molecule has 0 unspecified atom stereocenters. The average Bonchev–Trinajstić information content (AvgIpc) is 2.68. The molecule has 0 atom stereocenters. The first-order chi connectivity index (χ1) is 12.6. The van der Waals surface area contributed by atoms with Gasteiger partial charge < -0.3 is 15.3 Å². The summed E-state index contributed by atoms with van der Waals surface area (Å²) in [5.74, 6) is -0.845. The van der Waals surface area contributed by atoms with Crippen molar-refractivity contribution in [3.63, 3.8) is 0 Å². The van der Waals surface area contributed by atoms with Crippen molar-refractivity contribution in [1.82, 2.24) is 10.2 Å². The van der Waals surface area contributed by atoms with Crippen molar-refractivity contribution in [3.05, 3.63) is 30.3 Å². The lowest BCUT2D eigenvalue weighted by Crippen LogP contribution is -2.47. The summed E-state index contributed by atoms with van der Waals surface area (Å²) in [5, 5.41) is 12.1. The summed E-state index contributed by atoms with van der Waals surface area (Å²) >= 11 is 0. The molecular formula is C20H29N3O3. The number of piperazine rings is 1. The van der Waals surface area contributed by atoms with Crippen LogP contribution >= 0.6 is 0 Å². The molecule has 1 aromatic carbocycles. The second-order valence-electron chi connectivity index (χ2n) is 7.37. The highest BCUT2D eigenvalue weighted by Crippen LogP contribution is 2.24. The molecule has 26 heavy (non-hydrogen) atoms. The molecule has 1 aromatic rings. The number of nitrogens with zero attached hydrogens (tertiary/aromatic N) is 2. The van der Waals surface area contributed by atoms with Crippen molar-refractivity contribution < 1.29 is 14.7 Å². The van der Waals surface area contributed by atoms with Crippen LogP contribution in [-0.2, 0) is 9.59 Å². The second-order valence-corrected chi connectivity index (χ2v) is 7.37. The standard InChI is InChI=1S/C20H29N3O3/c24-19(21-17-8-6-16(7-9-17)20(25)26)10-11-22-12-14-23(15-13-22)18-4-2-1-3-5-18/h1-5,16-17H,6-15H2,(H,21,24)(H,25,26). The van der Waals surface area contributed by atoms with E-state index < -0.39 is 5.97 Å². The molecule has 0 spiro atoms. The van der Waals surface area contributed by atoms with E-state index in [-0.39, 0.29) is 17.9 Å². The molecule has 6 nitrogen and oxygen atoms in total. The predicted octanol–water partition coefficient (Wildman–Crippen LogP) is 1.96. The molecule has 6 heteroatoms. The number of benzene rings is 1. The summed E-state index contributed by atoms with van der Waals surface area (Å²) in [4.78, 5) is 27.9. The molecule has 3 rings (SSSR count). The first-order valence-corrected chi connectivity index (χ1v) is 9.66. The Bertz CT molecular complexity index is 592. The summed E-state index contributed by atoms with van der Waals surface area (Å²) in [6, 6.07) is 10.6. The summed E-state index contributed by atoms with van der Waals surface area (Å²) in [6.45, 7) is 4.73. The van der Waals surface area contributed by atoms with Crippen LogP contribution in [0.25, 0.3) is 0 Å². The van der Waals surface area contributed by atoms with Gasteiger partial charge in [0.15, 0.2) is 0 Å². The predicted molar refractivity (Wildman–Crippen MR) is 101 cm³/mol. The van der Waals surface area contributed by atoms with Gasteiger partial charge in [0, 0.05) is 50.9 Å². The molecule has 0 aromatic heterocycles. The summed E-state index contributed by atoms with van der Waals surface area (Å²) in [6.07, 6.45) is 3.41. The lowest BCUT2D eigenvalue weighted by molar-refractivity contribution is -0.142. The minimum Gasteiger partial charge on any atom is -0.481 e. The van der Waals surface area contributed by atoms with Crippen molar-refractivity contribution in [2.45, 2.75) is 38.1 Å². The highest BCUT2D eigenvalue weighted by atomic mass is 16.4. The van der Waals surface area contributed by atoms with Crippen LogP contribution in [-0.4, -0.2) is 60.6 Å². The van der Waals surface area contributed by atoms with Gasteiger partial charge in [-0.1, -0.05) is 18.2 Å². The van der Waals surface area contributed by atoms with Crippen LogP contribution in [0.2, 0.25) is 0 Å². The second kappa shape index (κ2) is 9.03. The summed E-state index contributed by atoms with van der Waals surface area (Å²) in [7, 11) is 0. The molecule has 1 amide bonds. The molecule has 1 aliphatic heterocycles. The van der Waals surface area contributed by atoms with E-state index in [1.807, 2.05) is 6.07 Å². The maximum absolute atomic E-state index is 12.2. The number of aliphatic carboxylic acids is 1. The monoisotopic (exact) mass is 359 g/mol. The van der Waals surface area contributed by atoms with Crippen LogP contribution < -0.4 is 10.2 Å². The number of carbonyl (C=O) groups excluding carboxylic acids is 1. The Morgan fingerprint density at radius 2 is 1.65 bits per heavy atom. The van der Waals surface area contributed by atoms with E-state index >= 15 is 0 Å². The molecule has 0 radical (unpaired) electrons. The van der Waals surface area contributed by atoms with Gasteiger partial charge in [-0.25, -0.2) is 0 Å². The minimum absolute atomic E-state index is 0.0919. The molecule has 2 N–H and O–H groups in total. The van der Waals surface area contributed by atoms with Gasteiger partial charge in [0.05, 0.1) is 5.92 Å². The lowest BCUT2D eigenvalue weighted by atomic mass is 9.86. The van der Waals surface area contributed by atoms with E-state index in [2.05, 4.69) is 39.4 Å². The van der Waals surface area contributed by atoms with Gasteiger partial charge in [-0.05, 0) is 37.8 Å². The molecule has 2 aliphatic rings. The van der Waals surface area contributed by atoms with E-state index in [4.69, 9.17) is 5.11 Å². The Morgan fingerprint density at radius 1 is 1.00 bits per heavy atom. The van der Waals surface area contributed by atoms with Crippen molar-refractivity contribution in [3.8, 4) is 0 Å². The number of nitrogens with one attached hydrogen (secondary N) is 1. The topological polar surface area (TPSA) is 72.9 Å². The number of para-hydroxylation sites is 1. The Hall–Kier alpha value is -2.08. The first kappa shape index (κ1) is 18.7. The third-order valence-electron chi connectivity index (χ3n) is 5.59. The van der Waals surface area contributed by atoms with E-state index in [1.54, 1.807) is 0 Å². The van der Waals surface area contributed by atoms with E-state index in [0.717, 1.165) is 45.6 Å². The van der Waals surface area contributed by atoms with Crippen molar-refractivity contribution in [2.24, 2.45) is 5.92 Å². The molecule has 0 bridgehead atoms. The third kappa shape index (κ3) is 5.21. The molecule has 1 saturated carbocycles. The molecule has 1 aliphatic carbocycles. The molecule has 2 fully saturated rings. The molecule has 1 saturated heterocycles. The van der Waals surface area contributed by atoms with Crippen molar-refractivity contribution in [1.29, 1.82) is 0 Å². The van der Waals surface area contributed by atoms with Crippen molar-refractivity contribution >= 4 is 17.6 Å². The molecular weight excluding hydrogens is 330 g/mol. The van der Waals surface area contributed by atoms with Gasteiger partial charge in [-0.2, -0.15) is 0 Å². The highest BCUT2D eigenvalue weighted by Gasteiger charge is 2.26. The van der Waals surface area contributed by atoms with Gasteiger partial charge in [-0.3, -0.25) is 14.5 Å². The molecule has 1 heterocycles. The van der Waals surface area contributed by atoms with Crippen LogP contribution in [0.4, 0.5) is 5.69 Å². The van der Waals surface area contributed by atoms with Crippen LogP contribution in [0.15, 0.2) is 30.3 Å². The van der Waals surface area contributed by atoms with Gasteiger partial charge in [0.1, 0.15) is 0 Å². The summed E-state index contributed by atoms with van der Waals surface area (Å²) in [5.41, 5.74) is 1.27. The zero-order valence-electron chi connectivity index (χ0n) is 15.3. The van der Waals surface area contributed by atoms with Crippen LogP contribution in [0.3, 0.4) is 0 Å². The number of carboxylic acids is 1. The largest absolute Gasteiger partial charge is 0.481 e. The SMILES string of the molecule is O=C(CCN1CCN(c2ccccc2)CC1)NC1CCC(C(=O)O)CC1. The highest BCUT2D eigenvalue weighted by molar-refractivity contribution is 5.76. The fraction of sp³-hybridized carbons (Fsp3) is 0.600. The van der Waals surface area contributed by atoms with Crippen LogP contribution in [0.1, 0.15) is 32.1 Å². The van der Waals surface area contributed by atoms with Crippen LogP contribution in [0, 0.1) is 5.92 Å². The summed E-state index contributed by atoms with van der Waals surface area (Å²) < 4.78 is 0. The molecule has 142 valence electrons. The Labute approximate surface area is 155 Å². The van der Waals surface area contributed by atoms with E-state index in [0.29, 0.717) is 19.3 Å². The Morgan fingerprint density at radius 3 is 2.27 bits per heavy atom. The normalized spacial score (nSPS) is 24.2. The third-order valence-corrected chi connectivity index (χ3v) is 5.59. The zero-order valence-corrected chi connectivity index (χ0v) is 15.3. The zero-order chi connectivity index (χ0) is 18.4. The fourth-order valence-corrected chi connectivity index (χ4v) is 3.91. The maximum atomic E-state index is 12.2. The number of hydrogen-bond donors (Lipinski definition) is 2. The van der Waals surface area contributed by atoms with Gasteiger partial charge in [0.2, 0.25) is 5.91 Å². The van der Waals surface area contributed by atoms with E-state index in [1.165, 1.54) is 5.69 Å². The number of anilines is 1. The number of hydrogen-bond acceptors (Lipinski definition) is 4. The maximum Gasteiger partial charge on any atom is 0.306 e. The number of rotatable bonds is 6. The number of carboxylic acid groups (broad SMARTS) is 1. The Kier molecular flexibility index (Phi) is 6.50. The minimum atomic E-state index is -0.704. The van der Waals surface area contributed by atoms with E-state index in [9.17, 15) is 9.59 Å². The first-order valence-electron chi connectivity index (χ1n) is 9.66. The van der Waals surface area contributed by atoms with Gasteiger partial charge >= 0.3 is 5.97 Å². The Balaban J connectivity index is 1.32. The average molecular weight is 359 g/mol. The van der Waals surface area contributed by atoms with Gasteiger partial charge in [0.25, 0.3) is 0 Å². The fourth-order valence-electron chi connectivity index (χ4n) is 3.91. The smallest absolute Gasteiger partial charge is 0.306 e. The lowest BCUT2D eigenvalue weighted by Gasteiger charge is -2.36. The van der Waals surface area contributed by atoms with Crippen molar-refractivity contribution in [2.75, 3.05) is 37.6 Å². The quantitative estimate of drug-likeness (QED) is 0.812.